The second-order valence-electron chi connectivity index (χ2n) is 6.15. The quantitative estimate of drug-likeness (QED) is 0.736. The Balaban J connectivity index is 1.67. The summed E-state index contributed by atoms with van der Waals surface area (Å²) in [6.07, 6.45) is 0.463. The van der Waals surface area contributed by atoms with Crippen molar-refractivity contribution in [3.63, 3.8) is 0 Å². The summed E-state index contributed by atoms with van der Waals surface area (Å²) in [4.78, 5) is 16.7. The highest BCUT2D eigenvalue weighted by atomic mass is 32.1. The fourth-order valence-corrected chi connectivity index (χ4v) is 3.95. The highest BCUT2D eigenvalue weighted by molar-refractivity contribution is 7.11. The van der Waals surface area contributed by atoms with Gasteiger partial charge in [0.25, 0.3) is 0 Å². The molecule has 1 fully saturated rings. The summed E-state index contributed by atoms with van der Waals surface area (Å²) in [6.45, 7) is 2.68. The summed E-state index contributed by atoms with van der Waals surface area (Å²) in [5, 5.41) is 9.30. The molecule has 2 aromatic rings. The predicted molar refractivity (Wildman–Crippen MR) is 95.4 cm³/mol. The normalized spacial score (nSPS) is 20.0. The monoisotopic (exact) mass is 363 g/mol. The van der Waals surface area contributed by atoms with Crippen LogP contribution in [0.2, 0.25) is 0 Å². The van der Waals surface area contributed by atoms with Crippen molar-refractivity contribution in [2.45, 2.75) is 32.0 Å². The average Bonchev–Trinajstić information content (AvgIpc) is 3.23. The molecule has 0 aliphatic carbocycles. The number of aryl methyl sites for hydroxylation is 1. The van der Waals surface area contributed by atoms with Gasteiger partial charge < -0.3 is 10.0 Å². The first-order chi connectivity index (χ1) is 12.1. The first-order valence-corrected chi connectivity index (χ1v) is 9.10. The first-order valence-electron chi connectivity index (χ1n) is 8.29. The molecule has 3 rings (SSSR count). The van der Waals surface area contributed by atoms with Gasteiger partial charge in [-0.3, -0.25) is 4.79 Å². The summed E-state index contributed by atoms with van der Waals surface area (Å²) >= 11 is 1.64. The van der Waals surface area contributed by atoms with Crippen molar-refractivity contribution in [3.8, 4) is 0 Å². The highest BCUT2D eigenvalue weighted by Crippen LogP contribution is 2.26. The Morgan fingerprint density at radius 3 is 2.80 bits per heavy atom. The van der Waals surface area contributed by atoms with Crippen molar-refractivity contribution >= 4 is 17.2 Å². The number of aliphatic hydroxyl groups excluding tert-OH is 1. The van der Waals surface area contributed by atoms with Crippen LogP contribution in [0.1, 0.15) is 27.8 Å². The molecule has 2 atom stereocenters. The van der Waals surface area contributed by atoms with Gasteiger partial charge in [0, 0.05) is 21.9 Å². The second-order valence-corrected chi connectivity index (χ2v) is 7.52. The van der Waals surface area contributed by atoms with E-state index in [0.29, 0.717) is 18.5 Å². The number of rotatable bonds is 6. The van der Waals surface area contributed by atoms with Gasteiger partial charge in [-0.05, 0) is 31.5 Å². The van der Waals surface area contributed by atoms with E-state index in [1.54, 1.807) is 34.4 Å². The smallest absolute Gasteiger partial charge is 0.241 e. The molecule has 1 aliphatic heterocycles. The Bertz CT molecular complexity index is 737. The van der Waals surface area contributed by atoms with Crippen molar-refractivity contribution in [2.75, 3.05) is 13.2 Å². The molecule has 3 N–H and O–H groups in total. The van der Waals surface area contributed by atoms with E-state index in [4.69, 9.17) is 0 Å². The lowest BCUT2D eigenvalue weighted by Gasteiger charge is -2.24. The number of hydrazine groups is 1. The molecule has 1 aliphatic rings. The minimum Gasteiger partial charge on any atom is -0.395 e. The molecule has 2 unspecified atom stereocenters. The molecule has 0 spiro atoms. The summed E-state index contributed by atoms with van der Waals surface area (Å²) in [5.41, 5.74) is 6.54. The maximum absolute atomic E-state index is 13.9. The Morgan fingerprint density at radius 1 is 1.32 bits per heavy atom. The Morgan fingerprint density at radius 2 is 2.12 bits per heavy atom. The fourth-order valence-electron chi connectivity index (χ4n) is 3.05. The molecule has 0 saturated carbocycles. The molecule has 7 heteroatoms. The van der Waals surface area contributed by atoms with E-state index >= 15 is 0 Å². The number of halogens is 1. The van der Waals surface area contributed by atoms with Crippen LogP contribution < -0.4 is 10.9 Å². The van der Waals surface area contributed by atoms with Crippen molar-refractivity contribution in [1.82, 2.24) is 15.8 Å². The van der Waals surface area contributed by atoms with Crippen molar-refractivity contribution in [3.05, 3.63) is 57.5 Å². The minimum absolute atomic E-state index is 0.0903. The number of hydrogen-bond donors (Lipinski definition) is 3. The van der Waals surface area contributed by atoms with Gasteiger partial charge in [-0.1, -0.05) is 18.2 Å². The summed E-state index contributed by atoms with van der Waals surface area (Å²) in [7, 11) is 0. The fraction of sp³-hybridized carbons (Fsp3) is 0.389. The van der Waals surface area contributed by atoms with Crippen LogP contribution in [0.4, 0.5) is 4.39 Å². The van der Waals surface area contributed by atoms with Gasteiger partial charge >= 0.3 is 0 Å². The molecule has 1 saturated heterocycles. The van der Waals surface area contributed by atoms with Gasteiger partial charge in [0.05, 0.1) is 19.2 Å². The zero-order valence-electron chi connectivity index (χ0n) is 14.0. The van der Waals surface area contributed by atoms with Crippen LogP contribution in [0.3, 0.4) is 0 Å². The summed E-state index contributed by atoms with van der Waals surface area (Å²) in [6, 6.07) is 9.89. The Kier molecular flexibility index (Phi) is 5.80. The van der Waals surface area contributed by atoms with E-state index in [1.807, 2.05) is 19.1 Å². The lowest BCUT2D eigenvalue weighted by atomic mass is 10.0. The first kappa shape index (κ1) is 18.0. The van der Waals surface area contributed by atoms with Gasteiger partial charge in [-0.25, -0.2) is 15.2 Å². The number of benzene rings is 1. The van der Waals surface area contributed by atoms with E-state index in [2.05, 4.69) is 10.9 Å². The molecule has 134 valence electrons. The second kappa shape index (κ2) is 8.05. The molecule has 2 heterocycles. The Hall–Kier alpha value is -1.80. The molecular formula is C18H22FN3O2S. The van der Waals surface area contributed by atoms with E-state index < -0.39 is 6.04 Å². The maximum atomic E-state index is 13.9. The van der Waals surface area contributed by atoms with Crippen LogP contribution in [-0.2, 0) is 11.3 Å². The van der Waals surface area contributed by atoms with E-state index in [0.717, 1.165) is 4.88 Å². The van der Waals surface area contributed by atoms with Crippen molar-refractivity contribution < 1.29 is 14.3 Å². The third-order valence-electron chi connectivity index (χ3n) is 4.31. The summed E-state index contributed by atoms with van der Waals surface area (Å²) < 4.78 is 13.9. The number of nitrogens with one attached hydrogen (secondary N) is 2. The van der Waals surface area contributed by atoms with Gasteiger partial charge in [0.1, 0.15) is 11.9 Å². The molecule has 25 heavy (non-hydrogen) atoms. The topological polar surface area (TPSA) is 64.6 Å². The van der Waals surface area contributed by atoms with Crippen LogP contribution in [0.5, 0.6) is 0 Å². The zero-order valence-corrected chi connectivity index (χ0v) is 14.9. The molecule has 0 bridgehead atoms. The number of carbonyl (C=O) groups excluding carboxylic acids is 1. The van der Waals surface area contributed by atoms with Crippen LogP contribution in [0.25, 0.3) is 0 Å². The van der Waals surface area contributed by atoms with E-state index in [9.17, 15) is 14.3 Å². The van der Waals surface area contributed by atoms with E-state index in [-0.39, 0.29) is 30.9 Å². The van der Waals surface area contributed by atoms with Gasteiger partial charge in [0.2, 0.25) is 5.91 Å². The number of hydrogen-bond acceptors (Lipinski definition) is 5. The van der Waals surface area contributed by atoms with Crippen LogP contribution in [-0.4, -0.2) is 35.1 Å². The van der Waals surface area contributed by atoms with Gasteiger partial charge in [0.15, 0.2) is 0 Å². The third kappa shape index (κ3) is 4.24. The van der Waals surface area contributed by atoms with Crippen LogP contribution >= 0.6 is 11.3 Å². The number of amides is 1. The summed E-state index contributed by atoms with van der Waals surface area (Å²) in [5.74, 6) is -0.373. The molecule has 5 nitrogen and oxygen atoms in total. The van der Waals surface area contributed by atoms with Crippen LogP contribution in [0.15, 0.2) is 36.4 Å². The van der Waals surface area contributed by atoms with Gasteiger partial charge in [-0.15, -0.1) is 11.3 Å². The highest BCUT2D eigenvalue weighted by Gasteiger charge is 2.33. The number of aliphatic hydroxyl groups is 1. The lowest BCUT2D eigenvalue weighted by molar-refractivity contribution is -0.134. The Labute approximate surface area is 150 Å². The predicted octanol–water partition coefficient (Wildman–Crippen LogP) is 2.12. The molecular weight excluding hydrogens is 341 g/mol. The van der Waals surface area contributed by atoms with Crippen LogP contribution in [0, 0.1) is 12.7 Å². The number of thiophene rings is 1. The average molecular weight is 363 g/mol. The van der Waals surface area contributed by atoms with Crippen molar-refractivity contribution in [2.24, 2.45) is 0 Å². The largest absolute Gasteiger partial charge is 0.395 e. The van der Waals surface area contributed by atoms with E-state index in [1.165, 1.54) is 10.9 Å². The minimum atomic E-state index is -0.447. The standard InChI is InChI=1S/C18H22FN3O2S/c1-12-6-7-13(25-12)11-22(8-9-23)18(24)17-10-16(20-21-17)14-4-2-3-5-15(14)19/h2-7,16-17,20-21,23H,8-11H2,1H3. The number of carbonyl (C=O) groups is 1. The SMILES string of the molecule is Cc1ccc(CN(CCO)C(=O)C2CC(c3ccccc3F)NN2)s1. The maximum Gasteiger partial charge on any atom is 0.241 e. The third-order valence-corrected chi connectivity index (χ3v) is 5.29. The zero-order chi connectivity index (χ0) is 17.8. The molecule has 1 aromatic heterocycles. The molecule has 1 amide bonds. The van der Waals surface area contributed by atoms with Crippen molar-refractivity contribution in [1.29, 1.82) is 0 Å². The number of nitrogens with zero attached hydrogens (tertiary/aromatic N) is 1. The van der Waals surface area contributed by atoms with Gasteiger partial charge in [-0.2, -0.15) is 0 Å². The molecule has 0 radical (unpaired) electrons. The lowest BCUT2D eigenvalue weighted by Crippen LogP contribution is -2.46. The molecule has 1 aromatic carbocycles.